The standard InChI is InChI=1S/C23H27F3O2/c1-15-9-20(10-16(2)21(15)12-19(27)13-22(3,4)5)28-14-17-7-6-8-18(11-17)23(24,25)26/h6-11H,12-14H2,1-5H3. The number of hydrogen-bond donors (Lipinski definition) is 0. The van der Waals surface area contributed by atoms with Gasteiger partial charge >= 0.3 is 6.18 Å². The molecule has 2 rings (SSSR count). The molecule has 0 heterocycles. The molecule has 0 spiro atoms. The number of Topliss-reactive ketones (excluding diaryl/α,β-unsaturated/α-hetero) is 1. The first kappa shape index (κ1) is 22.0. The number of ether oxygens (including phenoxy) is 1. The lowest BCUT2D eigenvalue weighted by atomic mass is 9.87. The predicted octanol–water partition coefficient (Wildman–Crippen LogP) is 6.45. The molecule has 2 nitrogen and oxygen atoms in total. The largest absolute Gasteiger partial charge is 0.489 e. The van der Waals surface area contributed by atoms with Crippen LogP contribution >= 0.6 is 0 Å². The van der Waals surface area contributed by atoms with Crippen LogP contribution in [-0.4, -0.2) is 5.78 Å². The highest BCUT2D eigenvalue weighted by molar-refractivity contribution is 5.82. The van der Waals surface area contributed by atoms with Gasteiger partial charge in [-0.25, -0.2) is 0 Å². The van der Waals surface area contributed by atoms with Crippen LogP contribution in [0.3, 0.4) is 0 Å². The zero-order valence-corrected chi connectivity index (χ0v) is 17.0. The Morgan fingerprint density at radius 1 is 1.00 bits per heavy atom. The molecule has 0 atom stereocenters. The number of rotatable bonds is 6. The molecule has 0 aromatic heterocycles. The fourth-order valence-corrected chi connectivity index (χ4v) is 3.17. The third kappa shape index (κ3) is 6.39. The average molecular weight is 392 g/mol. The van der Waals surface area contributed by atoms with E-state index >= 15 is 0 Å². The Morgan fingerprint density at radius 2 is 1.61 bits per heavy atom. The van der Waals surface area contributed by atoms with E-state index in [1.54, 1.807) is 6.07 Å². The highest BCUT2D eigenvalue weighted by Gasteiger charge is 2.30. The van der Waals surface area contributed by atoms with Crippen LogP contribution in [0.1, 0.15) is 55.0 Å². The smallest absolute Gasteiger partial charge is 0.416 e. The second kappa shape index (κ2) is 8.38. The van der Waals surface area contributed by atoms with Gasteiger partial charge in [-0.3, -0.25) is 4.79 Å². The van der Waals surface area contributed by atoms with Crippen LogP contribution in [0.15, 0.2) is 36.4 Å². The zero-order chi connectivity index (χ0) is 21.1. The number of carbonyl (C=O) groups excluding carboxylic acids is 1. The van der Waals surface area contributed by atoms with Crippen molar-refractivity contribution in [2.75, 3.05) is 0 Å². The summed E-state index contributed by atoms with van der Waals surface area (Å²) in [6.07, 6.45) is -3.48. The SMILES string of the molecule is Cc1cc(OCc2cccc(C(F)(F)F)c2)cc(C)c1CC(=O)CC(C)(C)C. The van der Waals surface area contributed by atoms with Crippen molar-refractivity contribution in [2.45, 2.75) is 60.2 Å². The van der Waals surface area contributed by atoms with Crippen LogP contribution in [0.2, 0.25) is 0 Å². The highest BCUT2D eigenvalue weighted by Crippen LogP contribution is 2.30. The molecule has 0 saturated carbocycles. The van der Waals surface area contributed by atoms with Crippen molar-refractivity contribution in [3.8, 4) is 5.75 Å². The lowest BCUT2D eigenvalue weighted by Gasteiger charge is -2.18. The monoisotopic (exact) mass is 392 g/mol. The summed E-state index contributed by atoms with van der Waals surface area (Å²) in [6, 6.07) is 8.79. The van der Waals surface area contributed by atoms with Crippen molar-refractivity contribution in [1.29, 1.82) is 0 Å². The van der Waals surface area contributed by atoms with Gasteiger partial charge in [0.2, 0.25) is 0 Å². The van der Waals surface area contributed by atoms with Crippen LogP contribution in [0.25, 0.3) is 0 Å². The van der Waals surface area contributed by atoms with E-state index in [1.165, 1.54) is 6.07 Å². The molecular weight excluding hydrogens is 365 g/mol. The Kier molecular flexibility index (Phi) is 6.58. The van der Waals surface area contributed by atoms with E-state index in [-0.39, 0.29) is 17.8 Å². The number of hydrogen-bond acceptors (Lipinski definition) is 2. The zero-order valence-electron chi connectivity index (χ0n) is 17.0. The van der Waals surface area contributed by atoms with Crippen molar-refractivity contribution in [3.63, 3.8) is 0 Å². The fourth-order valence-electron chi connectivity index (χ4n) is 3.17. The summed E-state index contributed by atoms with van der Waals surface area (Å²) in [5, 5.41) is 0. The molecule has 152 valence electrons. The molecule has 0 aliphatic heterocycles. The van der Waals surface area contributed by atoms with Gasteiger partial charge in [0, 0.05) is 12.8 Å². The summed E-state index contributed by atoms with van der Waals surface area (Å²) in [4.78, 5) is 12.3. The minimum Gasteiger partial charge on any atom is -0.489 e. The van der Waals surface area contributed by atoms with Gasteiger partial charge in [-0.05, 0) is 65.8 Å². The molecule has 0 radical (unpaired) electrons. The van der Waals surface area contributed by atoms with Crippen molar-refractivity contribution >= 4 is 5.78 Å². The van der Waals surface area contributed by atoms with Gasteiger partial charge in [-0.15, -0.1) is 0 Å². The predicted molar refractivity (Wildman–Crippen MR) is 104 cm³/mol. The molecule has 0 saturated heterocycles. The van der Waals surface area contributed by atoms with Crippen LogP contribution in [-0.2, 0) is 24.0 Å². The van der Waals surface area contributed by atoms with E-state index in [4.69, 9.17) is 4.74 Å². The quantitative estimate of drug-likeness (QED) is 0.565. The molecule has 28 heavy (non-hydrogen) atoms. The summed E-state index contributed by atoms with van der Waals surface area (Å²) >= 11 is 0. The minimum atomic E-state index is -4.37. The summed E-state index contributed by atoms with van der Waals surface area (Å²) in [5.41, 5.74) is 2.60. The number of alkyl halides is 3. The van der Waals surface area contributed by atoms with Gasteiger partial charge in [0.05, 0.1) is 5.56 Å². The van der Waals surface area contributed by atoms with Gasteiger partial charge in [-0.2, -0.15) is 13.2 Å². The topological polar surface area (TPSA) is 26.3 Å². The van der Waals surface area contributed by atoms with Gasteiger partial charge < -0.3 is 4.74 Å². The second-order valence-corrected chi connectivity index (χ2v) is 8.48. The Bertz CT molecular complexity index is 823. The summed E-state index contributed by atoms with van der Waals surface area (Å²) in [6.45, 7) is 10.00. The Hall–Kier alpha value is -2.30. The maximum absolute atomic E-state index is 12.8. The normalized spacial score (nSPS) is 12.1. The molecule has 5 heteroatoms. The van der Waals surface area contributed by atoms with E-state index in [9.17, 15) is 18.0 Å². The van der Waals surface area contributed by atoms with Crippen molar-refractivity contribution < 1.29 is 22.7 Å². The molecule has 2 aromatic rings. The molecule has 0 aliphatic carbocycles. The minimum absolute atomic E-state index is 0.0467. The van der Waals surface area contributed by atoms with E-state index in [1.807, 2.05) is 46.8 Å². The summed E-state index contributed by atoms with van der Waals surface area (Å²) in [5.74, 6) is 0.774. The first-order valence-electron chi connectivity index (χ1n) is 9.26. The average Bonchev–Trinajstić information content (AvgIpc) is 2.54. The van der Waals surface area contributed by atoms with Gasteiger partial charge in [0.25, 0.3) is 0 Å². The summed E-state index contributed by atoms with van der Waals surface area (Å²) in [7, 11) is 0. The van der Waals surface area contributed by atoms with E-state index in [0.717, 1.165) is 28.8 Å². The Morgan fingerprint density at radius 3 is 2.14 bits per heavy atom. The first-order valence-corrected chi connectivity index (χ1v) is 9.26. The lowest BCUT2D eigenvalue weighted by Crippen LogP contribution is -2.15. The molecular formula is C23H27F3O2. The lowest BCUT2D eigenvalue weighted by molar-refractivity contribution is -0.137. The van der Waals surface area contributed by atoms with E-state index < -0.39 is 11.7 Å². The fraction of sp³-hybridized carbons (Fsp3) is 0.435. The molecule has 0 aliphatic rings. The number of carbonyl (C=O) groups is 1. The highest BCUT2D eigenvalue weighted by atomic mass is 19.4. The van der Waals surface area contributed by atoms with Crippen LogP contribution < -0.4 is 4.74 Å². The molecule has 0 fully saturated rings. The van der Waals surface area contributed by atoms with Crippen molar-refractivity contribution in [2.24, 2.45) is 5.41 Å². The summed E-state index contributed by atoms with van der Waals surface area (Å²) < 4.78 is 44.2. The van der Waals surface area contributed by atoms with Crippen LogP contribution in [0.4, 0.5) is 13.2 Å². The number of ketones is 1. The number of benzene rings is 2. The molecule has 0 N–H and O–H groups in total. The molecule has 0 bridgehead atoms. The van der Waals surface area contributed by atoms with Crippen LogP contribution in [0, 0.1) is 19.3 Å². The maximum Gasteiger partial charge on any atom is 0.416 e. The molecule has 2 aromatic carbocycles. The van der Waals surface area contributed by atoms with Gasteiger partial charge in [-0.1, -0.05) is 32.9 Å². The number of halogens is 3. The first-order chi connectivity index (χ1) is 12.8. The van der Waals surface area contributed by atoms with E-state index in [2.05, 4.69) is 0 Å². The Labute approximate surface area is 164 Å². The van der Waals surface area contributed by atoms with E-state index in [0.29, 0.717) is 24.2 Å². The Balaban J connectivity index is 2.09. The molecule has 0 amide bonds. The maximum atomic E-state index is 12.8. The van der Waals surface area contributed by atoms with Gasteiger partial charge in [0.1, 0.15) is 18.1 Å². The second-order valence-electron chi connectivity index (χ2n) is 8.48. The molecule has 0 unspecified atom stereocenters. The van der Waals surface area contributed by atoms with Gasteiger partial charge in [0.15, 0.2) is 0 Å². The van der Waals surface area contributed by atoms with Crippen LogP contribution in [0.5, 0.6) is 5.75 Å². The van der Waals surface area contributed by atoms with Crippen molar-refractivity contribution in [3.05, 3.63) is 64.2 Å². The number of aryl methyl sites for hydroxylation is 2. The van der Waals surface area contributed by atoms with Crippen molar-refractivity contribution in [1.82, 2.24) is 0 Å². The third-order valence-corrected chi connectivity index (χ3v) is 4.43. The third-order valence-electron chi connectivity index (χ3n) is 4.43.